The number of halogens is 2. The van der Waals surface area contributed by atoms with Crippen molar-refractivity contribution in [2.75, 3.05) is 37.6 Å². The van der Waals surface area contributed by atoms with Crippen molar-refractivity contribution in [1.82, 2.24) is 9.88 Å². The summed E-state index contributed by atoms with van der Waals surface area (Å²) >= 11 is 7.04. The van der Waals surface area contributed by atoms with Gasteiger partial charge in [0.1, 0.15) is 5.82 Å². The third kappa shape index (κ3) is 3.93. The average Bonchev–Trinajstić information content (AvgIpc) is 2.45. The van der Waals surface area contributed by atoms with Gasteiger partial charge in [-0.15, -0.1) is 0 Å². The van der Waals surface area contributed by atoms with E-state index in [4.69, 9.17) is 5.73 Å². The van der Waals surface area contributed by atoms with Gasteiger partial charge >= 0.3 is 0 Å². The molecule has 1 fully saturated rings. The van der Waals surface area contributed by atoms with Gasteiger partial charge in [0.2, 0.25) is 0 Å². The summed E-state index contributed by atoms with van der Waals surface area (Å²) in [6.07, 6.45) is 4.24. The Labute approximate surface area is 138 Å². The molecule has 0 saturated carbocycles. The zero-order valence-electron chi connectivity index (χ0n) is 11.9. The van der Waals surface area contributed by atoms with Gasteiger partial charge in [-0.1, -0.05) is 13.3 Å². The van der Waals surface area contributed by atoms with Crippen LogP contribution in [0.4, 0.5) is 5.82 Å². The molecule has 0 aromatic carbocycles. The van der Waals surface area contributed by atoms with Crippen LogP contribution in [0.1, 0.15) is 19.8 Å². The Morgan fingerprint density at radius 1 is 1.30 bits per heavy atom. The first-order valence-electron chi connectivity index (χ1n) is 7.15. The van der Waals surface area contributed by atoms with Crippen LogP contribution in [0, 0.1) is 0 Å². The predicted molar refractivity (Wildman–Crippen MR) is 91.2 cm³/mol. The Morgan fingerprint density at radius 3 is 2.55 bits per heavy atom. The van der Waals surface area contributed by atoms with E-state index in [1.807, 2.05) is 6.20 Å². The van der Waals surface area contributed by atoms with Crippen molar-refractivity contribution in [3.63, 3.8) is 0 Å². The number of hydrogen-bond acceptors (Lipinski definition) is 4. The van der Waals surface area contributed by atoms with Gasteiger partial charge < -0.3 is 10.6 Å². The fourth-order valence-electron chi connectivity index (χ4n) is 2.72. The summed E-state index contributed by atoms with van der Waals surface area (Å²) in [6.45, 7) is 7.12. The lowest BCUT2D eigenvalue weighted by Gasteiger charge is -2.39. The lowest BCUT2D eigenvalue weighted by molar-refractivity contribution is 0.179. The molecule has 1 atom stereocenters. The monoisotopic (exact) mass is 404 g/mol. The molecule has 1 aromatic heterocycles. The Morgan fingerprint density at radius 2 is 2.00 bits per heavy atom. The van der Waals surface area contributed by atoms with Gasteiger partial charge in [0.25, 0.3) is 0 Å². The molecule has 0 bridgehead atoms. The second kappa shape index (κ2) is 7.73. The Bertz CT molecular complexity index is 433. The van der Waals surface area contributed by atoms with Gasteiger partial charge in [-0.05, 0) is 44.3 Å². The van der Waals surface area contributed by atoms with Gasteiger partial charge in [-0.3, -0.25) is 4.90 Å². The number of pyridine rings is 1. The van der Waals surface area contributed by atoms with E-state index in [9.17, 15) is 0 Å². The quantitative estimate of drug-likeness (QED) is 0.817. The molecule has 4 nitrogen and oxygen atoms in total. The molecule has 0 amide bonds. The molecule has 1 aromatic rings. The van der Waals surface area contributed by atoms with Crippen LogP contribution < -0.4 is 10.6 Å². The summed E-state index contributed by atoms with van der Waals surface area (Å²) < 4.78 is 2.04. The van der Waals surface area contributed by atoms with Crippen LogP contribution in [0.15, 0.2) is 21.2 Å². The van der Waals surface area contributed by atoms with Crippen molar-refractivity contribution < 1.29 is 0 Å². The first kappa shape index (κ1) is 16.2. The first-order valence-corrected chi connectivity index (χ1v) is 8.74. The molecule has 1 saturated heterocycles. The van der Waals surface area contributed by atoms with Crippen LogP contribution >= 0.6 is 31.9 Å². The van der Waals surface area contributed by atoms with E-state index in [1.165, 1.54) is 12.8 Å². The fraction of sp³-hybridized carbons (Fsp3) is 0.643. The van der Waals surface area contributed by atoms with E-state index in [1.54, 1.807) is 0 Å². The highest BCUT2D eigenvalue weighted by molar-refractivity contribution is 9.11. The van der Waals surface area contributed by atoms with Gasteiger partial charge in [0, 0.05) is 49.4 Å². The minimum Gasteiger partial charge on any atom is -0.353 e. The molecule has 0 radical (unpaired) electrons. The van der Waals surface area contributed by atoms with Crippen molar-refractivity contribution in [2.45, 2.75) is 25.8 Å². The first-order chi connectivity index (χ1) is 9.65. The number of nitrogens with two attached hydrogens (primary N) is 1. The average molecular weight is 406 g/mol. The molecule has 2 heterocycles. The molecule has 0 spiro atoms. The number of anilines is 1. The zero-order valence-corrected chi connectivity index (χ0v) is 15.0. The smallest absolute Gasteiger partial charge is 0.143 e. The van der Waals surface area contributed by atoms with Crippen molar-refractivity contribution >= 4 is 37.7 Å². The maximum atomic E-state index is 5.90. The summed E-state index contributed by atoms with van der Waals surface area (Å²) in [4.78, 5) is 9.38. The molecular weight excluding hydrogens is 384 g/mol. The number of nitrogens with zero attached hydrogens (tertiary/aromatic N) is 3. The number of hydrogen-bond donors (Lipinski definition) is 1. The summed E-state index contributed by atoms with van der Waals surface area (Å²) in [5.41, 5.74) is 5.90. The van der Waals surface area contributed by atoms with Gasteiger partial charge in [0.15, 0.2) is 0 Å². The normalized spacial score (nSPS) is 18.3. The minimum absolute atomic E-state index is 0.531. The van der Waals surface area contributed by atoms with Crippen LogP contribution in [0.3, 0.4) is 0 Å². The molecule has 1 aliphatic heterocycles. The van der Waals surface area contributed by atoms with Crippen LogP contribution in [0.5, 0.6) is 0 Å². The summed E-state index contributed by atoms with van der Waals surface area (Å²) in [5, 5.41) is 0. The third-order valence-corrected chi connectivity index (χ3v) is 4.83. The molecular formula is C14H22Br2N4. The zero-order chi connectivity index (χ0) is 14.5. The van der Waals surface area contributed by atoms with Crippen molar-refractivity contribution in [3.05, 3.63) is 21.2 Å². The van der Waals surface area contributed by atoms with Gasteiger partial charge in [0.05, 0.1) is 4.47 Å². The van der Waals surface area contributed by atoms with Crippen molar-refractivity contribution in [2.24, 2.45) is 5.73 Å². The maximum absolute atomic E-state index is 5.90. The largest absolute Gasteiger partial charge is 0.353 e. The lowest BCUT2D eigenvalue weighted by atomic mass is 10.1. The van der Waals surface area contributed by atoms with Crippen LogP contribution in [-0.4, -0.2) is 48.6 Å². The van der Waals surface area contributed by atoms with Crippen LogP contribution in [-0.2, 0) is 0 Å². The van der Waals surface area contributed by atoms with E-state index in [0.717, 1.165) is 47.5 Å². The number of piperazine rings is 1. The Balaban J connectivity index is 1.97. The fourth-order valence-corrected chi connectivity index (χ4v) is 3.96. The second-order valence-electron chi connectivity index (χ2n) is 5.16. The maximum Gasteiger partial charge on any atom is 0.143 e. The minimum atomic E-state index is 0.531. The molecule has 1 unspecified atom stereocenters. The van der Waals surface area contributed by atoms with Crippen LogP contribution in [0.2, 0.25) is 0 Å². The van der Waals surface area contributed by atoms with E-state index < -0.39 is 0 Å². The SMILES string of the molecule is CCCC(CN)N1CCN(c2ncc(Br)cc2Br)CC1. The van der Waals surface area contributed by atoms with Gasteiger partial charge in [-0.25, -0.2) is 4.98 Å². The highest BCUT2D eigenvalue weighted by Gasteiger charge is 2.24. The second-order valence-corrected chi connectivity index (χ2v) is 6.93. The number of rotatable bonds is 5. The molecule has 1 aliphatic rings. The van der Waals surface area contributed by atoms with Crippen molar-refractivity contribution in [3.8, 4) is 0 Å². The van der Waals surface area contributed by atoms with E-state index in [0.29, 0.717) is 6.04 Å². The third-order valence-electron chi connectivity index (χ3n) is 3.81. The summed E-state index contributed by atoms with van der Waals surface area (Å²) in [5.74, 6) is 1.03. The molecule has 112 valence electrons. The molecule has 0 aliphatic carbocycles. The van der Waals surface area contributed by atoms with E-state index in [2.05, 4.69) is 59.6 Å². The highest BCUT2D eigenvalue weighted by Crippen LogP contribution is 2.27. The standard InChI is InChI=1S/C14H22Br2N4/c1-2-3-12(9-17)19-4-6-20(7-5-19)14-13(16)8-11(15)10-18-14/h8,10,12H,2-7,9,17H2,1H3. The topological polar surface area (TPSA) is 45.4 Å². The van der Waals surface area contributed by atoms with Crippen molar-refractivity contribution in [1.29, 1.82) is 0 Å². The molecule has 20 heavy (non-hydrogen) atoms. The Kier molecular flexibility index (Phi) is 6.26. The highest BCUT2D eigenvalue weighted by atomic mass is 79.9. The summed E-state index contributed by atoms with van der Waals surface area (Å²) in [6, 6.07) is 2.58. The molecule has 2 N–H and O–H groups in total. The summed E-state index contributed by atoms with van der Waals surface area (Å²) in [7, 11) is 0. The molecule has 2 rings (SSSR count). The lowest BCUT2D eigenvalue weighted by Crippen LogP contribution is -2.52. The predicted octanol–water partition coefficient (Wildman–Crippen LogP) is 2.86. The van der Waals surface area contributed by atoms with Crippen LogP contribution in [0.25, 0.3) is 0 Å². The Hall–Kier alpha value is -0.170. The van der Waals surface area contributed by atoms with E-state index in [-0.39, 0.29) is 0 Å². The van der Waals surface area contributed by atoms with Gasteiger partial charge in [-0.2, -0.15) is 0 Å². The number of aromatic nitrogens is 1. The molecule has 6 heteroatoms. The van der Waals surface area contributed by atoms with E-state index >= 15 is 0 Å².